The van der Waals surface area contributed by atoms with Gasteiger partial charge in [0.25, 0.3) is 5.91 Å². The minimum absolute atomic E-state index is 0.0476. The van der Waals surface area contributed by atoms with Gasteiger partial charge in [-0.2, -0.15) is 0 Å². The number of nitrogens with zero attached hydrogens (tertiary/aromatic N) is 2. The average Bonchev–Trinajstić information content (AvgIpc) is 3.20. The van der Waals surface area contributed by atoms with Gasteiger partial charge >= 0.3 is 0 Å². The fourth-order valence-electron chi connectivity index (χ4n) is 3.32. The number of likely N-dealkylation sites (N-methyl/N-ethyl adjacent to an activating group) is 2. The van der Waals surface area contributed by atoms with E-state index in [4.69, 9.17) is 14.5 Å². The summed E-state index contributed by atoms with van der Waals surface area (Å²) < 4.78 is 11.8. The molecule has 2 atom stereocenters. The lowest BCUT2D eigenvalue weighted by Gasteiger charge is -2.24. The molecule has 3 rings (SSSR count). The van der Waals surface area contributed by atoms with E-state index in [1.807, 2.05) is 50.4 Å². The van der Waals surface area contributed by atoms with Gasteiger partial charge in [-0.3, -0.25) is 4.79 Å². The van der Waals surface area contributed by atoms with Crippen LogP contribution in [0.15, 0.2) is 42.5 Å². The molecule has 3 aromatic rings. The first-order chi connectivity index (χ1) is 14.4. The second-order valence-corrected chi connectivity index (χ2v) is 8.59. The standard InChI is InChI=1S/C23H29N3O3S/c1-16(23-24-18-8-6-7-9-21(18)30-23)26(3)22(27)15-25(2)13-12-17-10-11-19(28-4)20(14-17)29-5/h6-11,14,16H,12-13,15H2,1-5H3/p+1/t16-/m0/s1. The molecule has 1 amide bonds. The number of thiazole rings is 1. The predicted octanol–water partition coefficient (Wildman–Crippen LogP) is 2.59. The molecule has 1 unspecified atom stereocenters. The molecule has 0 radical (unpaired) electrons. The van der Waals surface area contributed by atoms with Crippen LogP contribution in [0.25, 0.3) is 10.2 Å². The maximum atomic E-state index is 12.8. The highest BCUT2D eigenvalue weighted by atomic mass is 32.1. The summed E-state index contributed by atoms with van der Waals surface area (Å²) in [6.45, 7) is 3.33. The molecule has 1 heterocycles. The molecule has 0 fully saturated rings. The van der Waals surface area contributed by atoms with Crippen LogP contribution in [0.2, 0.25) is 0 Å². The topological polar surface area (TPSA) is 56.1 Å². The van der Waals surface area contributed by atoms with Crippen LogP contribution in [0.3, 0.4) is 0 Å². The van der Waals surface area contributed by atoms with Gasteiger partial charge in [-0.15, -0.1) is 11.3 Å². The summed E-state index contributed by atoms with van der Waals surface area (Å²) in [5.41, 5.74) is 2.15. The van der Waals surface area contributed by atoms with E-state index in [-0.39, 0.29) is 11.9 Å². The number of nitrogens with one attached hydrogen (secondary N) is 1. The SMILES string of the molecule is COc1ccc(CC[NH+](C)CC(=O)N(C)[C@@H](C)c2nc3ccccc3s2)cc1OC. The van der Waals surface area contributed by atoms with E-state index in [1.54, 1.807) is 30.5 Å². The first-order valence-electron chi connectivity index (χ1n) is 10.1. The van der Waals surface area contributed by atoms with Crippen molar-refractivity contribution in [3.8, 4) is 11.5 Å². The van der Waals surface area contributed by atoms with E-state index in [9.17, 15) is 4.79 Å². The minimum atomic E-state index is -0.0476. The van der Waals surface area contributed by atoms with Gasteiger partial charge in [0.05, 0.1) is 44.1 Å². The van der Waals surface area contributed by atoms with Crippen molar-refractivity contribution in [2.75, 3.05) is 41.4 Å². The molecular weight excluding hydrogens is 398 g/mol. The lowest BCUT2D eigenvalue weighted by molar-refractivity contribution is -0.871. The Morgan fingerprint density at radius 3 is 2.60 bits per heavy atom. The Kier molecular flexibility index (Phi) is 7.29. The molecule has 160 valence electrons. The van der Waals surface area contributed by atoms with Gasteiger partial charge in [-0.25, -0.2) is 4.98 Å². The number of methoxy groups -OCH3 is 2. The summed E-state index contributed by atoms with van der Waals surface area (Å²) >= 11 is 1.65. The first-order valence-corrected chi connectivity index (χ1v) is 10.9. The molecule has 0 aliphatic carbocycles. The second kappa shape index (κ2) is 9.91. The van der Waals surface area contributed by atoms with Crippen molar-refractivity contribution in [2.24, 2.45) is 0 Å². The number of para-hydroxylation sites is 1. The number of hydrogen-bond donors (Lipinski definition) is 1. The van der Waals surface area contributed by atoms with E-state index in [0.29, 0.717) is 6.54 Å². The van der Waals surface area contributed by atoms with Crippen molar-refractivity contribution >= 4 is 27.5 Å². The molecule has 1 aromatic heterocycles. The highest BCUT2D eigenvalue weighted by Crippen LogP contribution is 2.29. The van der Waals surface area contributed by atoms with Gasteiger partial charge in [0.15, 0.2) is 18.0 Å². The normalized spacial score (nSPS) is 13.1. The van der Waals surface area contributed by atoms with Crippen LogP contribution < -0.4 is 14.4 Å². The Hall–Kier alpha value is -2.64. The zero-order valence-electron chi connectivity index (χ0n) is 18.3. The van der Waals surface area contributed by atoms with Crippen molar-refractivity contribution < 1.29 is 19.2 Å². The number of quaternary nitrogens is 1. The van der Waals surface area contributed by atoms with Crippen molar-refractivity contribution in [2.45, 2.75) is 19.4 Å². The van der Waals surface area contributed by atoms with Crippen LogP contribution in [0.4, 0.5) is 0 Å². The largest absolute Gasteiger partial charge is 0.493 e. The summed E-state index contributed by atoms with van der Waals surface area (Å²) in [6.07, 6.45) is 0.858. The molecule has 0 bridgehead atoms. The van der Waals surface area contributed by atoms with E-state index < -0.39 is 0 Å². The smallest absolute Gasteiger partial charge is 0.278 e. The number of rotatable bonds is 9. The molecule has 0 aliphatic heterocycles. The molecule has 1 N–H and O–H groups in total. The van der Waals surface area contributed by atoms with E-state index in [2.05, 4.69) is 13.1 Å². The van der Waals surface area contributed by atoms with Crippen LogP contribution in [-0.2, 0) is 11.2 Å². The fourth-order valence-corrected chi connectivity index (χ4v) is 4.38. The quantitative estimate of drug-likeness (QED) is 0.569. The highest BCUT2D eigenvalue weighted by Gasteiger charge is 2.23. The van der Waals surface area contributed by atoms with Crippen molar-refractivity contribution in [1.29, 1.82) is 0 Å². The Balaban J connectivity index is 1.55. The molecule has 6 nitrogen and oxygen atoms in total. The fraction of sp³-hybridized carbons (Fsp3) is 0.391. The van der Waals surface area contributed by atoms with E-state index >= 15 is 0 Å². The number of carbonyl (C=O) groups is 1. The molecule has 2 aromatic carbocycles. The van der Waals surface area contributed by atoms with Crippen LogP contribution in [0.5, 0.6) is 11.5 Å². The Bertz CT molecular complexity index is 971. The Morgan fingerprint density at radius 2 is 1.90 bits per heavy atom. The second-order valence-electron chi connectivity index (χ2n) is 7.52. The number of carbonyl (C=O) groups excluding carboxylic acids is 1. The van der Waals surface area contributed by atoms with Gasteiger partial charge in [-0.05, 0) is 36.8 Å². The maximum absolute atomic E-state index is 12.8. The number of benzene rings is 2. The summed E-state index contributed by atoms with van der Waals surface area (Å²) in [5.74, 6) is 1.57. The van der Waals surface area contributed by atoms with Gasteiger partial charge in [-0.1, -0.05) is 18.2 Å². The zero-order valence-corrected chi connectivity index (χ0v) is 19.1. The third-order valence-corrected chi connectivity index (χ3v) is 6.59. The van der Waals surface area contributed by atoms with Crippen LogP contribution in [-0.4, -0.2) is 57.2 Å². The molecular formula is C23H30N3O3S+. The lowest BCUT2D eigenvalue weighted by Crippen LogP contribution is -3.10. The lowest BCUT2D eigenvalue weighted by atomic mass is 10.1. The van der Waals surface area contributed by atoms with Crippen molar-refractivity contribution in [3.05, 3.63) is 53.0 Å². The third kappa shape index (κ3) is 5.09. The average molecular weight is 429 g/mol. The monoisotopic (exact) mass is 428 g/mol. The number of fused-ring (bicyclic) bond motifs is 1. The molecule has 0 saturated heterocycles. The van der Waals surface area contributed by atoms with E-state index in [1.165, 1.54) is 0 Å². The van der Waals surface area contributed by atoms with Crippen LogP contribution in [0.1, 0.15) is 23.5 Å². The Morgan fingerprint density at radius 1 is 1.17 bits per heavy atom. The molecule has 0 spiro atoms. The zero-order chi connectivity index (χ0) is 21.7. The van der Waals surface area contributed by atoms with Gasteiger partial charge < -0.3 is 19.3 Å². The number of ether oxygens (including phenoxy) is 2. The summed E-state index contributed by atoms with van der Waals surface area (Å²) in [6, 6.07) is 14.0. The number of aromatic nitrogens is 1. The Labute approximate surface area is 182 Å². The first kappa shape index (κ1) is 22.1. The maximum Gasteiger partial charge on any atom is 0.278 e. The summed E-state index contributed by atoms with van der Waals surface area (Å²) in [7, 11) is 7.18. The van der Waals surface area contributed by atoms with Crippen LogP contribution >= 0.6 is 11.3 Å². The van der Waals surface area contributed by atoms with Gasteiger partial charge in [0, 0.05) is 13.5 Å². The van der Waals surface area contributed by atoms with Crippen molar-refractivity contribution in [3.63, 3.8) is 0 Å². The number of hydrogen-bond acceptors (Lipinski definition) is 5. The summed E-state index contributed by atoms with van der Waals surface area (Å²) in [5, 5.41) is 0.968. The molecule has 0 aliphatic rings. The summed E-state index contributed by atoms with van der Waals surface area (Å²) in [4.78, 5) is 20.5. The van der Waals surface area contributed by atoms with Gasteiger partial charge in [0.2, 0.25) is 0 Å². The molecule has 0 saturated carbocycles. The number of amides is 1. The van der Waals surface area contributed by atoms with E-state index in [0.717, 1.165) is 50.2 Å². The predicted molar refractivity (Wildman–Crippen MR) is 121 cm³/mol. The third-order valence-electron chi connectivity index (χ3n) is 5.38. The molecule has 30 heavy (non-hydrogen) atoms. The van der Waals surface area contributed by atoms with Gasteiger partial charge in [0.1, 0.15) is 5.01 Å². The molecule has 7 heteroatoms. The minimum Gasteiger partial charge on any atom is -0.493 e. The van der Waals surface area contributed by atoms with Crippen LogP contribution in [0, 0.1) is 0 Å². The highest BCUT2D eigenvalue weighted by molar-refractivity contribution is 7.18. The van der Waals surface area contributed by atoms with Crippen molar-refractivity contribution in [1.82, 2.24) is 9.88 Å².